The van der Waals surface area contributed by atoms with E-state index >= 15 is 0 Å². The SMILES string of the molecule is Cc1c(C(=O)N[C@H](C)C(=O)N[C@@H]2CCNC2)ccc(Nc2nccn3c(-c4cn(CC#N)nc4C(F)(F)F)cnc23)c1OC=O. The van der Waals surface area contributed by atoms with Crippen LogP contribution in [0.15, 0.2) is 36.9 Å². The molecule has 0 radical (unpaired) electrons. The number of nitriles is 1. The molecular weight excluding hydrogens is 597 g/mol. The van der Waals surface area contributed by atoms with Crippen LogP contribution in [0.25, 0.3) is 16.9 Å². The molecule has 0 spiro atoms. The Morgan fingerprint density at radius 2 is 2.11 bits per heavy atom. The van der Waals surface area contributed by atoms with Crippen LogP contribution in [0.2, 0.25) is 0 Å². The lowest BCUT2D eigenvalue weighted by Gasteiger charge is -2.19. The summed E-state index contributed by atoms with van der Waals surface area (Å²) in [4.78, 5) is 45.6. The Morgan fingerprint density at radius 1 is 1.31 bits per heavy atom. The normalized spacial score (nSPS) is 15.3. The van der Waals surface area contributed by atoms with Gasteiger partial charge in [0.1, 0.15) is 12.6 Å². The quantitative estimate of drug-likeness (QED) is 0.191. The van der Waals surface area contributed by atoms with Crippen molar-refractivity contribution in [3.8, 4) is 23.1 Å². The lowest BCUT2D eigenvalue weighted by molar-refractivity contribution is -0.141. The number of nitrogens with one attached hydrogen (secondary N) is 4. The van der Waals surface area contributed by atoms with Gasteiger partial charge in [-0.25, -0.2) is 9.97 Å². The van der Waals surface area contributed by atoms with Crippen LogP contribution < -0.4 is 26.0 Å². The maximum absolute atomic E-state index is 13.8. The summed E-state index contributed by atoms with van der Waals surface area (Å²) in [6.07, 6.45) is 1.06. The van der Waals surface area contributed by atoms with Crippen molar-refractivity contribution >= 4 is 35.4 Å². The summed E-state index contributed by atoms with van der Waals surface area (Å²) in [6.45, 7) is 4.35. The Hall–Kier alpha value is -5.50. The minimum absolute atomic E-state index is 0.0143. The van der Waals surface area contributed by atoms with Crippen LogP contribution in [0.1, 0.15) is 35.0 Å². The van der Waals surface area contributed by atoms with Gasteiger partial charge in [0.2, 0.25) is 5.91 Å². The fourth-order valence-electron chi connectivity index (χ4n) is 4.99. The zero-order valence-electron chi connectivity index (χ0n) is 24.0. The Labute approximate surface area is 253 Å². The maximum atomic E-state index is 13.8. The van der Waals surface area contributed by atoms with Gasteiger partial charge in [-0.1, -0.05) is 0 Å². The van der Waals surface area contributed by atoms with Gasteiger partial charge in [0, 0.05) is 42.3 Å². The summed E-state index contributed by atoms with van der Waals surface area (Å²) >= 11 is 0. The van der Waals surface area contributed by atoms with E-state index in [1.807, 2.05) is 0 Å². The highest BCUT2D eigenvalue weighted by molar-refractivity contribution is 6.00. The van der Waals surface area contributed by atoms with Gasteiger partial charge in [0.05, 0.1) is 29.2 Å². The highest BCUT2D eigenvalue weighted by atomic mass is 19.4. The van der Waals surface area contributed by atoms with Crippen LogP contribution in [0, 0.1) is 18.3 Å². The average molecular weight is 625 g/mol. The smallest absolute Gasteiger partial charge is 0.426 e. The van der Waals surface area contributed by atoms with E-state index in [1.165, 1.54) is 35.1 Å². The molecule has 4 aromatic rings. The molecule has 0 aliphatic carbocycles. The number of aromatic nitrogens is 5. The summed E-state index contributed by atoms with van der Waals surface area (Å²) in [6, 6.07) is 3.82. The molecule has 1 aliphatic rings. The van der Waals surface area contributed by atoms with E-state index in [4.69, 9.17) is 10.00 Å². The number of carbonyl (C=O) groups is 3. The van der Waals surface area contributed by atoms with Crippen LogP contribution >= 0.6 is 0 Å². The van der Waals surface area contributed by atoms with E-state index in [-0.39, 0.29) is 70.3 Å². The van der Waals surface area contributed by atoms with Crippen LogP contribution in [0.4, 0.5) is 24.7 Å². The van der Waals surface area contributed by atoms with Gasteiger partial charge >= 0.3 is 6.18 Å². The number of alkyl halides is 3. The second kappa shape index (κ2) is 12.6. The van der Waals surface area contributed by atoms with E-state index in [9.17, 15) is 27.6 Å². The Morgan fingerprint density at radius 3 is 2.80 bits per heavy atom. The molecular formula is C28H27F3N10O4. The molecule has 1 aromatic carbocycles. The van der Waals surface area contributed by atoms with E-state index < -0.39 is 23.8 Å². The van der Waals surface area contributed by atoms with Crippen molar-refractivity contribution in [2.45, 2.75) is 45.1 Å². The van der Waals surface area contributed by atoms with Gasteiger partial charge in [-0.3, -0.25) is 23.5 Å². The molecule has 3 aromatic heterocycles. The fraction of sp³-hybridized carbons (Fsp3) is 0.321. The van der Waals surface area contributed by atoms with Crippen LogP contribution in [-0.4, -0.2) is 67.6 Å². The van der Waals surface area contributed by atoms with Gasteiger partial charge in [-0.05, 0) is 38.9 Å². The number of ether oxygens (including phenoxy) is 1. The molecule has 1 saturated heterocycles. The first kappa shape index (κ1) is 30.9. The average Bonchev–Trinajstić information content (AvgIpc) is 3.75. The summed E-state index contributed by atoms with van der Waals surface area (Å²) in [7, 11) is 0. The van der Waals surface area contributed by atoms with Crippen molar-refractivity contribution in [1.29, 1.82) is 5.26 Å². The topological polar surface area (TPSA) is 180 Å². The minimum Gasteiger partial charge on any atom is -0.426 e. The highest BCUT2D eigenvalue weighted by Crippen LogP contribution is 2.38. The number of hydrogen-bond donors (Lipinski definition) is 4. The van der Waals surface area contributed by atoms with Crippen LogP contribution in [0.3, 0.4) is 0 Å². The van der Waals surface area contributed by atoms with Gasteiger partial charge in [0.15, 0.2) is 22.9 Å². The number of amides is 2. The molecule has 2 amide bonds. The number of carbonyl (C=O) groups excluding carboxylic acids is 3. The minimum atomic E-state index is -4.80. The zero-order valence-corrected chi connectivity index (χ0v) is 24.0. The second-order valence-corrected chi connectivity index (χ2v) is 10.2. The fourth-order valence-corrected chi connectivity index (χ4v) is 4.99. The zero-order chi connectivity index (χ0) is 32.3. The molecule has 5 rings (SSSR count). The number of benzene rings is 1. The number of imidazole rings is 1. The molecule has 0 unspecified atom stereocenters. The van der Waals surface area contributed by atoms with E-state index in [0.29, 0.717) is 6.54 Å². The Bertz CT molecular complexity index is 1800. The maximum Gasteiger partial charge on any atom is 0.435 e. The third-order valence-electron chi connectivity index (χ3n) is 7.18. The lowest BCUT2D eigenvalue weighted by atomic mass is 10.0. The van der Waals surface area contributed by atoms with Crippen molar-refractivity contribution in [1.82, 2.24) is 40.1 Å². The molecule has 0 saturated carbocycles. The number of halogens is 3. The van der Waals surface area contributed by atoms with Crippen molar-refractivity contribution in [2.24, 2.45) is 0 Å². The van der Waals surface area contributed by atoms with Gasteiger partial charge < -0.3 is 26.0 Å². The van der Waals surface area contributed by atoms with Crippen LogP contribution in [-0.2, 0) is 22.3 Å². The molecule has 1 aliphatic heterocycles. The number of hydrogen-bond acceptors (Lipinski definition) is 10. The summed E-state index contributed by atoms with van der Waals surface area (Å²) in [5, 5.41) is 24.1. The Kier molecular flexibility index (Phi) is 8.68. The largest absolute Gasteiger partial charge is 0.435 e. The van der Waals surface area contributed by atoms with E-state index in [1.54, 1.807) is 19.9 Å². The predicted octanol–water partition coefficient (Wildman–Crippen LogP) is 2.32. The molecule has 4 heterocycles. The number of fused-ring (bicyclic) bond motifs is 1. The summed E-state index contributed by atoms with van der Waals surface area (Å²) in [5.41, 5.74) is -0.681. The summed E-state index contributed by atoms with van der Waals surface area (Å²) < 4.78 is 48.8. The standard InChI is InChI=1S/C28H27F3N10O4/c1-15-18(27(44)36-16(2)26(43)37-17-5-7-33-11-17)3-4-20(22(15)45-14-42)38-24-25-35-12-21(41(25)10-8-34-24)19-13-40(9-6-32)39-23(19)28(29,30)31/h3-4,8,10,12-14,16-17,33H,5,7,9,11H2,1-2H3,(H,34,38)(H,36,44)(H,37,43)/t16-,17-/m1/s1. The number of rotatable bonds is 10. The number of anilines is 2. The molecule has 234 valence electrons. The molecule has 1 fully saturated rings. The molecule has 4 N–H and O–H groups in total. The molecule has 2 atom stereocenters. The summed E-state index contributed by atoms with van der Waals surface area (Å²) in [5.74, 6) is -0.826. The van der Waals surface area contributed by atoms with Crippen molar-refractivity contribution in [3.05, 3.63) is 53.7 Å². The van der Waals surface area contributed by atoms with Crippen LogP contribution in [0.5, 0.6) is 5.75 Å². The highest BCUT2D eigenvalue weighted by Gasteiger charge is 2.38. The first-order chi connectivity index (χ1) is 21.5. The first-order valence-electron chi connectivity index (χ1n) is 13.7. The third-order valence-corrected chi connectivity index (χ3v) is 7.18. The molecule has 17 heteroatoms. The first-order valence-corrected chi connectivity index (χ1v) is 13.7. The predicted molar refractivity (Wildman–Crippen MR) is 152 cm³/mol. The monoisotopic (exact) mass is 624 g/mol. The van der Waals surface area contributed by atoms with Gasteiger partial charge in [0.25, 0.3) is 12.4 Å². The number of nitrogens with zero attached hydrogens (tertiary/aromatic N) is 6. The molecule has 14 nitrogen and oxygen atoms in total. The second-order valence-electron chi connectivity index (χ2n) is 10.2. The van der Waals surface area contributed by atoms with Gasteiger partial charge in [-0.2, -0.15) is 23.5 Å². The van der Waals surface area contributed by atoms with Crippen molar-refractivity contribution in [2.75, 3.05) is 18.4 Å². The van der Waals surface area contributed by atoms with Gasteiger partial charge in [-0.15, -0.1) is 0 Å². The molecule has 0 bridgehead atoms. The molecule has 45 heavy (non-hydrogen) atoms. The van der Waals surface area contributed by atoms with E-state index in [0.717, 1.165) is 23.8 Å². The third kappa shape index (κ3) is 6.40. The lowest BCUT2D eigenvalue weighted by Crippen LogP contribution is -2.48. The van der Waals surface area contributed by atoms with Crippen molar-refractivity contribution in [3.63, 3.8) is 0 Å². The Balaban J connectivity index is 1.43. The van der Waals surface area contributed by atoms with Crippen molar-refractivity contribution < 1.29 is 32.3 Å². The van der Waals surface area contributed by atoms with E-state index in [2.05, 4.69) is 36.3 Å².